The predicted octanol–water partition coefficient (Wildman–Crippen LogP) is 1.76. The Hall–Kier alpha value is 0.951. The van der Waals surface area contributed by atoms with Crippen LogP contribution in [-0.4, -0.2) is 56.6 Å². The van der Waals surface area contributed by atoms with E-state index in [-0.39, 0.29) is 51.4 Å². The van der Waals surface area contributed by atoms with Crippen LogP contribution in [0.4, 0.5) is 0 Å². The van der Waals surface area contributed by atoms with Crippen molar-refractivity contribution in [2.75, 3.05) is 0 Å². The standard InChI is InChI=1S/C10H18O2.Sr.2H/c1-2-9(10(11)12)8-6-4-3-5-7-8;;;/h8-9H,2-7H2,1H3,(H,11,12);;;. The Kier molecular flexibility index (Phi) is 7.80. The Morgan fingerprint density at radius 2 is 1.92 bits per heavy atom. The van der Waals surface area contributed by atoms with Crippen LogP contribution in [0.25, 0.3) is 0 Å². The van der Waals surface area contributed by atoms with Gasteiger partial charge < -0.3 is 5.11 Å². The summed E-state index contributed by atoms with van der Waals surface area (Å²) in [5.74, 6) is -0.212. The van der Waals surface area contributed by atoms with Crippen molar-refractivity contribution < 1.29 is 9.90 Å². The average Bonchev–Trinajstić information content (AvgIpc) is 2.07. The van der Waals surface area contributed by atoms with Crippen LogP contribution in [0.15, 0.2) is 0 Å². The van der Waals surface area contributed by atoms with E-state index in [1.807, 2.05) is 6.92 Å². The molecular formula is C10H20O2Sr. The maximum atomic E-state index is 10.8. The molecule has 0 heterocycles. The van der Waals surface area contributed by atoms with E-state index in [4.69, 9.17) is 5.11 Å². The third-order valence-corrected chi connectivity index (χ3v) is 2.98. The van der Waals surface area contributed by atoms with Gasteiger partial charge >= 0.3 is 51.5 Å². The first-order valence-electron chi connectivity index (χ1n) is 4.98. The van der Waals surface area contributed by atoms with Gasteiger partial charge in [0.05, 0.1) is 5.92 Å². The van der Waals surface area contributed by atoms with E-state index in [1.54, 1.807) is 0 Å². The SMILES string of the molecule is CCC(C(=O)O)C1CCCCC1.[SrH2]. The molecule has 0 amide bonds. The Balaban J connectivity index is 0.00000144. The summed E-state index contributed by atoms with van der Waals surface area (Å²) in [6, 6.07) is 0. The first-order chi connectivity index (χ1) is 5.75. The van der Waals surface area contributed by atoms with Crippen LogP contribution in [0.3, 0.4) is 0 Å². The van der Waals surface area contributed by atoms with Gasteiger partial charge in [-0.25, -0.2) is 0 Å². The van der Waals surface area contributed by atoms with Gasteiger partial charge in [-0.15, -0.1) is 0 Å². The summed E-state index contributed by atoms with van der Waals surface area (Å²) >= 11 is 0. The monoisotopic (exact) mass is 260 g/mol. The quantitative estimate of drug-likeness (QED) is 0.785. The summed E-state index contributed by atoms with van der Waals surface area (Å²) in [5, 5.41) is 8.93. The first kappa shape index (κ1) is 14.0. The molecule has 2 nitrogen and oxygen atoms in total. The number of rotatable bonds is 3. The van der Waals surface area contributed by atoms with Gasteiger partial charge in [0.15, 0.2) is 0 Å². The molecule has 1 aliphatic rings. The molecule has 1 N–H and O–H groups in total. The van der Waals surface area contributed by atoms with E-state index in [2.05, 4.69) is 0 Å². The van der Waals surface area contributed by atoms with Gasteiger partial charge in [0, 0.05) is 0 Å². The molecule has 1 aliphatic carbocycles. The zero-order chi connectivity index (χ0) is 8.97. The van der Waals surface area contributed by atoms with Crippen LogP contribution in [0.2, 0.25) is 0 Å². The molecular weight excluding hydrogens is 240 g/mol. The molecule has 0 aromatic carbocycles. The van der Waals surface area contributed by atoms with Gasteiger partial charge in [0.2, 0.25) is 0 Å². The summed E-state index contributed by atoms with van der Waals surface area (Å²) < 4.78 is 0. The van der Waals surface area contributed by atoms with Gasteiger partial charge in [0.1, 0.15) is 0 Å². The molecule has 0 spiro atoms. The van der Waals surface area contributed by atoms with Crippen molar-refractivity contribution in [2.24, 2.45) is 11.8 Å². The van der Waals surface area contributed by atoms with Crippen molar-refractivity contribution >= 4 is 51.5 Å². The van der Waals surface area contributed by atoms with E-state index in [1.165, 1.54) is 19.3 Å². The third kappa shape index (κ3) is 4.32. The number of carboxylic acids is 1. The topological polar surface area (TPSA) is 37.3 Å². The second-order valence-corrected chi connectivity index (χ2v) is 3.75. The predicted molar refractivity (Wildman–Crippen MR) is 56.5 cm³/mol. The minimum atomic E-state index is -0.593. The van der Waals surface area contributed by atoms with Crippen LogP contribution in [0.1, 0.15) is 45.4 Å². The summed E-state index contributed by atoms with van der Waals surface area (Å²) in [4.78, 5) is 10.8. The van der Waals surface area contributed by atoms with Crippen molar-refractivity contribution in [3.8, 4) is 0 Å². The molecule has 1 fully saturated rings. The van der Waals surface area contributed by atoms with E-state index in [9.17, 15) is 4.79 Å². The molecule has 1 unspecified atom stereocenters. The van der Waals surface area contributed by atoms with Crippen LogP contribution in [0.5, 0.6) is 0 Å². The Bertz CT molecular complexity index is 153. The summed E-state index contributed by atoms with van der Waals surface area (Å²) in [6.07, 6.45) is 6.81. The van der Waals surface area contributed by atoms with Crippen molar-refractivity contribution in [1.82, 2.24) is 0 Å². The summed E-state index contributed by atoms with van der Waals surface area (Å²) in [7, 11) is 0. The van der Waals surface area contributed by atoms with Crippen LogP contribution in [0, 0.1) is 11.8 Å². The number of carboxylic acid groups (broad SMARTS) is 1. The van der Waals surface area contributed by atoms with E-state index >= 15 is 0 Å². The van der Waals surface area contributed by atoms with E-state index in [0.29, 0.717) is 5.92 Å². The molecule has 0 aromatic rings. The zero-order valence-electron chi connectivity index (χ0n) is 7.75. The molecule has 0 bridgehead atoms. The Labute approximate surface area is 117 Å². The number of carbonyl (C=O) groups is 1. The summed E-state index contributed by atoms with van der Waals surface area (Å²) in [6.45, 7) is 1.98. The second-order valence-electron chi connectivity index (χ2n) is 3.75. The van der Waals surface area contributed by atoms with E-state index < -0.39 is 5.97 Å². The first-order valence-corrected chi connectivity index (χ1v) is 4.98. The molecule has 1 rings (SSSR count). The molecule has 74 valence electrons. The number of aliphatic carboxylic acids is 1. The zero-order valence-corrected chi connectivity index (χ0v) is 7.75. The van der Waals surface area contributed by atoms with Gasteiger partial charge in [-0.3, -0.25) is 4.79 Å². The molecule has 0 aromatic heterocycles. The summed E-state index contributed by atoms with van der Waals surface area (Å²) in [5.41, 5.74) is 0. The van der Waals surface area contributed by atoms with E-state index in [0.717, 1.165) is 19.3 Å². The Morgan fingerprint density at radius 3 is 2.31 bits per heavy atom. The number of hydrogen-bond acceptors (Lipinski definition) is 1. The average molecular weight is 260 g/mol. The van der Waals surface area contributed by atoms with Gasteiger partial charge in [-0.2, -0.15) is 0 Å². The van der Waals surface area contributed by atoms with Crippen LogP contribution < -0.4 is 0 Å². The van der Waals surface area contributed by atoms with Crippen molar-refractivity contribution in [3.05, 3.63) is 0 Å². The third-order valence-electron chi connectivity index (χ3n) is 2.98. The van der Waals surface area contributed by atoms with Gasteiger partial charge in [0.25, 0.3) is 0 Å². The normalized spacial score (nSPS) is 20.4. The molecule has 0 radical (unpaired) electrons. The van der Waals surface area contributed by atoms with Crippen molar-refractivity contribution in [3.63, 3.8) is 0 Å². The second kappa shape index (κ2) is 7.27. The molecule has 1 saturated carbocycles. The van der Waals surface area contributed by atoms with Gasteiger partial charge in [-0.05, 0) is 25.2 Å². The Morgan fingerprint density at radius 1 is 1.38 bits per heavy atom. The molecule has 3 heteroatoms. The van der Waals surface area contributed by atoms with Gasteiger partial charge in [-0.1, -0.05) is 26.2 Å². The van der Waals surface area contributed by atoms with Crippen LogP contribution in [-0.2, 0) is 4.79 Å². The molecule has 0 saturated heterocycles. The number of hydrogen-bond donors (Lipinski definition) is 1. The minimum absolute atomic E-state index is 0. The molecule has 1 atom stereocenters. The van der Waals surface area contributed by atoms with Crippen LogP contribution >= 0.6 is 0 Å². The van der Waals surface area contributed by atoms with Crippen molar-refractivity contribution in [1.29, 1.82) is 0 Å². The molecule has 13 heavy (non-hydrogen) atoms. The maximum absolute atomic E-state index is 10.8. The molecule has 0 aliphatic heterocycles. The fourth-order valence-corrected chi connectivity index (χ4v) is 2.25. The van der Waals surface area contributed by atoms with Crippen molar-refractivity contribution in [2.45, 2.75) is 45.4 Å². The fourth-order valence-electron chi connectivity index (χ4n) is 2.25. The fraction of sp³-hybridized carbons (Fsp3) is 0.900.